The molecule has 0 N–H and O–H groups in total. The number of para-hydroxylation sites is 10. The molecule has 8 nitrogen and oxygen atoms in total. The fourth-order valence-corrected chi connectivity index (χ4v) is 22.6. The zero-order chi connectivity index (χ0) is 102. The second-order valence-electron chi connectivity index (χ2n) is 35.2. The Hall–Kier alpha value is -16.2. The van der Waals surface area contributed by atoms with Gasteiger partial charge >= 0.3 is 0 Å². The molecule has 0 atom stereocenters. The highest BCUT2D eigenvalue weighted by Crippen LogP contribution is 2.58. The van der Waals surface area contributed by atoms with E-state index in [1.54, 1.807) is 9.13 Å². The Balaban J connectivity index is 0.878. The molecule has 0 fully saturated rings. The minimum Gasteiger partial charge on any atom is -0.459 e. The summed E-state index contributed by atoms with van der Waals surface area (Å²) >= 11 is 0. The molecule has 4 aromatic heterocycles. The van der Waals surface area contributed by atoms with Gasteiger partial charge in [-0.25, -0.2) is 0 Å². The van der Waals surface area contributed by atoms with Crippen LogP contribution >= 0.6 is 0 Å². The lowest BCUT2D eigenvalue weighted by Crippen LogP contribution is -2.67. The molecule has 6 aliphatic rings. The van der Waals surface area contributed by atoms with Crippen molar-refractivity contribution >= 4 is 191 Å². The van der Waals surface area contributed by atoms with Crippen LogP contribution in [0.4, 0.5) is 34.1 Å². The molecule has 598 valence electrons. The van der Waals surface area contributed by atoms with E-state index >= 15 is 0 Å². The molecule has 29 rings (SSSR count). The van der Waals surface area contributed by atoms with E-state index in [2.05, 4.69) is 67.0 Å². The number of rotatable bonds is 8. The minimum atomic E-state index is -1.59. The minimum absolute atomic E-state index is 0.000601. The van der Waals surface area contributed by atoms with E-state index in [1.165, 1.54) is 0 Å². The Bertz CT molecular complexity index is 9430. The predicted octanol–water partition coefficient (Wildman–Crippen LogP) is 24.0. The fourth-order valence-electron chi connectivity index (χ4n) is 22.6. The number of ether oxygens (including phenoxy) is 2. The van der Waals surface area contributed by atoms with Crippen LogP contribution in [-0.2, 0) is 5.41 Å². The van der Waals surface area contributed by atoms with Crippen molar-refractivity contribution in [3.05, 3.63) is 405 Å². The van der Waals surface area contributed by atoms with E-state index < -0.39 is 146 Å². The Morgan fingerprint density at radius 3 is 0.953 bits per heavy atom. The highest BCUT2D eigenvalue weighted by atomic mass is 16.5. The van der Waals surface area contributed by atoms with Crippen LogP contribution in [-0.4, -0.2) is 38.4 Å². The van der Waals surface area contributed by atoms with Gasteiger partial charge in [-0.05, 0) is 167 Å². The van der Waals surface area contributed by atoms with E-state index in [4.69, 9.17) is 9.47 Å². The van der Waals surface area contributed by atoms with Crippen molar-refractivity contribution in [2.24, 2.45) is 0 Å². The Kier molecular flexibility index (Phi) is 11.1. The Morgan fingerprint density at radius 1 is 0.256 bits per heavy atom. The fraction of sp³-hybridized carbons (Fsp3) is 0.0339. The van der Waals surface area contributed by atoms with Crippen molar-refractivity contribution < 1.29 is 36.9 Å². The van der Waals surface area contributed by atoms with Crippen molar-refractivity contribution in [3.63, 3.8) is 0 Å². The normalized spacial score (nSPS) is 15.6. The van der Waals surface area contributed by atoms with E-state index in [9.17, 15) is 27.4 Å². The number of benzene rings is 19. The monoisotopic (exact) mass is 1660 g/mol. The van der Waals surface area contributed by atoms with Crippen molar-refractivity contribution in [3.8, 4) is 90.3 Å². The highest BCUT2D eigenvalue weighted by Gasteiger charge is 2.55. The third-order valence-corrected chi connectivity index (χ3v) is 27.7. The SMILES string of the molecule is [2H]c1c([2H])c([2H])c2c(c1[2H])Oc1c3c(cc4c1B2c1c([2H])c([2H])c(-n2c5ccccc5c5ccccc52)c2c5c([2H])c([2H])c([2H])c([2H])c5n-4c12)N(c1c(-c2ccccc2)cccc1-c1ccccc1)c1cc(C(C)(C)C)cc2c1B3c1c(cc3c4c1Oc1c([2H])c([2H])c([2H])c([2H])c1B4c1c([2H])c([2H])c(-n4c5ccccc5c5ccccc54)c4c5c([2H])c([2H])c([2H])c([2H])c5n-3c14)N2c1c(-c2ccccc2)cccc1-c1ccccc1. The van der Waals surface area contributed by atoms with Gasteiger partial charge in [-0.3, -0.25) is 0 Å². The number of hydrogen-bond acceptors (Lipinski definition) is 4. The van der Waals surface area contributed by atoms with Crippen LogP contribution in [0, 0.1) is 0 Å². The summed E-state index contributed by atoms with van der Waals surface area (Å²) in [6, 6.07) is 80.0. The predicted molar refractivity (Wildman–Crippen MR) is 541 cm³/mol. The van der Waals surface area contributed by atoms with E-state index in [0.717, 1.165) is 49.4 Å². The van der Waals surface area contributed by atoms with Gasteiger partial charge in [-0.15, -0.1) is 0 Å². The second kappa shape index (κ2) is 26.2. The maximum absolute atomic E-state index is 11.4. The first-order valence-corrected chi connectivity index (χ1v) is 43.4. The zero-order valence-electron chi connectivity index (χ0n) is 89.3. The molecule has 19 aromatic carbocycles. The van der Waals surface area contributed by atoms with Gasteiger partial charge in [0.2, 0.25) is 0 Å². The maximum atomic E-state index is 11.4. The summed E-state index contributed by atoms with van der Waals surface area (Å²) in [4.78, 5) is 4.45. The van der Waals surface area contributed by atoms with Gasteiger partial charge in [0.1, 0.15) is 23.0 Å². The van der Waals surface area contributed by atoms with Crippen molar-refractivity contribution in [2.75, 3.05) is 9.80 Å². The number of hydrogen-bond donors (Lipinski definition) is 0. The third kappa shape index (κ3) is 9.54. The van der Waals surface area contributed by atoms with Gasteiger partial charge in [0.05, 0.1) is 94.3 Å². The Labute approximate surface area is 773 Å². The molecule has 0 radical (unpaired) electrons. The van der Waals surface area contributed by atoms with Crippen LogP contribution in [0.15, 0.2) is 400 Å². The molecule has 0 saturated carbocycles. The molecule has 0 aliphatic carbocycles. The van der Waals surface area contributed by atoms with Crippen LogP contribution < -0.4 is 68.4 Å². The van der Waals surface area contributed by atoms with Crippen LogP contribution in [0.3, 0.4) is 0 Å². The summed E-state index contributed by atoms with van der Waals surface area (Å²) in [5, 5.41) is 3.34. The summed E-state index contributed by atoms with van der Waals surface area (Å²) < 4.78 is 234. The molecule has 0 spiro atoms. The van der Waals surface area contributed by atoms with Gasteiger partial charge < -0.3 is 37.5 Å². The number of anilines is 6. The first-order chi connectivity index (χ1) is 72.1. The number of nitrogens with zero attached hydrogens (tertiary/aromatic N) is 6. The number of aromatic nitrogens is 4. The van der Waals surface area contributed by atoms with Gasteiger partial charge in [0, 0.05) is 99.5 Å². The highest BCUT2D eigenvalue weighted by molar-refractivity contribution is 7.05. The topological polar surface area (TPSA) is 44.7 Å². The average Bonchev–Trinajstić information content (AvgIpc) is 1.59. The van der Waals surface area contributed by atoms with Crippen molar-refractivity contribution in [1.29, 1.82) is 0 Å². The summed E-state index contributed by atoms with van der Waals surface area (Å²) in [6.45, 7) is 1.77. The van der Waals surface area contributed by atoms with Gasteiger partial charge in [-0.1, -0.05) is 336 Å². The first-order valence-electron chi connectivity index (χ1n) is 53.4. The molecule has 0 bridgehead atoms. The number of fused-ring (bicyclic) bond motifs is 26. The molecule has 11 heteroatoms. The zero-order valence-corrected chi connectivity index (χ0v) is 69.3. The van der Waals surface area contributed by atoms with E-state index in [0.29, 0.717) is 83.9 Å². The van der Waals surface area contributed by atoms with Crippen molar-refractivity contribution in [2.45, 2.75) is 26.2 Å². The molecule has 0 unspecified atom stereocenters. The van der Waals surface area contributed by atoms with Crippen LogP contribution in [0.5, 0.6) is 23.0 Å². The molecule has 0 amide bonds. The molecule has 23 aromatic rings. The summed E-state index contributed by atoms with van der Waals surface area (Å²) in [5.41, 5.74) is 12.8. The molecular formula is C118H75B3N6O2. The smallest absolute Gasteiger partial charge is 0.261 e. The van der Waals surface area contributed by atoms with Crippen molar-refractivity contribution in [1.82, 2.24) is 18.3 Å². The quantitative estimate of drug-likeness (QED) is 0.142. The van der Waals surface area contributed by atoms with E-state index in [-0.39, 0.29) is 133 Å². The molecule has 6 aliphatic heterocycles. The molecule has 0 saturated heterocycles. The lowest BCUT2D eigenvalue weighted by molar-refractivity contribution is 0.490. The summed E-state index contributed by atoms with van der Waals surface area (Å²) in [5.74, 6) is -0.864. The lowest BCUT2D eigenvalue weighted by atomic mass is 9.28. The largest absolute Gasteiger partial charge is 0.459 e. The summed E-state index contributed by atoms with van der Waals surface area (Å²) in [6.07, 6.45) is 0. The molecular weight excluding hydrogens is 1570 g/mol. The Morgan fingerprint density at radius 2 is 0.581 bits per heavy atom. The van der Waals surface area contributed by atoms with Gasteiger partial charge in [-0.2, -0.15) is 0 Å². The van der Waals surface area contributed by atoms with Gasteiger partial charge in [0.25, 0.3) is 20.1 Å². The standard InChI is InChI=1S/C118H75B3N6O2/c1-118(2,3)74-66-97-107-98(67-74)127(113-77(72-38-12-6-13-39-72)50-33-51-78(113)73-40-14-7-15-41-73)102-69-100-109-117(129-104-61-31-23-53-86(104)120(109)88-63-65-96(106-84-47-21-29-59-94(84)125(100)115(88)106)123-91-56-26-18-44-81(91)82-45-19-27-57-92(82)123)111(102)121(107)110-101(126(97)112-75(70-34-8-4-9-35-70)48-32-49-76(112)71-36-10-5-11-37-71)68-99-108-116(110)128-103-60-30-22-52-85(103)119(108)87-62-64-95(105-83-46-20-28-58-93(83)124(99)114(87)105)122-89-54-24-16-42-79(89)80-43-17-25-55-90(80)122/h4-69H,1-3H3/i20D,21D,22D,23D,28D,29D,30D,31D,46D,47D,52D,53D,58D,59D,60D,61D,62D,63D,64D,65D. The first kappa shape index (κ1) is 54.5. The lowest BCUT2D eigenvalue weighted by Gasteiger charge is -2.49. The van der Waals surface area contributed by atoms with Crippen LogP contribution in [0.1, 0.15) is 53.7 Å². The van der Waals surface area contributed by atoms with E-state index in [1.807, 2.05) is 252 Å². The molecule has 129 heavy (non-hydrogen) atoms. The average molecular weight is 1660 g/mol. The van der Waals surface area contributed by atoms with Crippen LogP contribution in [0.25, 0.3) is 154 Å². The van der Waals surface area contributed by atoms with Crippen LogP contribution in [0.2, 0.25) is 0 Å². The third-order valence-electron chi connectivity index (χ3n) is 27.7. The second-order valence-corrected chi connectivity index (χ2v) is 35.2. The van der Waals surface area contributed by atoms with Gasteiger partial charge in [0.15, 0.2) is 0 Å². The summed E-state index contributed by atoms with van der Waals surface area (Å²) in [7, 11) is 0. The molecule has 10 heterocycles. The maximum Gasteiger partial charge on any atom is 0.261 e.